The molecule has 5 nitrogen and oxygen atoms in total. The van der Waals surface area contributed by atoms with Gasteiger partial charge in [-0.15, -0.1) is 0 Å². The van der Waals surface area contributed by atoms with E-state index in [1.54, 1.807) is 0 Å². The predicted octanol–water partition coefficient (Wildman–Crippen LogP) is 5.10. The molecule has 2 heterocycles. The first kappa shape index (κ1) is 19.5. The second kappa shape index (κ2) is 9.14. The Morgan fingerprint density at radius 2 is 1.71 bits per heavy atom. The minimum absolute atomic E-state index is 0.751. The maximum Gasteiger partial charge on any atom is 0.146 e. The number of ether oxygens (including phenoxy) is 1. The molecular formula is C26H26N4O. The maximum absolute atomic E-state index is 5.58. The van der Waals surface area contributed by atoms with E-state index in [1.165, 1.54) is 22.4 Å². The predicted molar refractivity (Wildman–Crippen MR) is 127 cm³/mol. The van der Waals surface area contributed by atoms with Crippen molar-refractivity contribution >= 4 is 29.0 Å². The quantitative estimate of drug-likeness (QED) is 0.470. The van der Waals surface area contributed by atoms with Crippen molar-refractivity contribution < 1.29 is 4.74 Å². The highest BCUT2D eigenvalue weighted by molar-refractivity contribution is 5.84. The smallest absolute Gasteiger partial charge is 0.146 e. The van der Waals surface area contributed by atoms with Gasteiger partial charge in [-0.3, -0.25) is 5.43 Å². The van der Waals surface area contributed by atoms with Crippen LogP contribution < -0.4 is 5.43 Å². The molecule has 2 aliphatic rings. The van der Waals surface area contributed by atoms with Gasteiger partial charge in [-0.2, -0.15) is 5.10 Å². The van der Waals surface area contributed by atoms with Crippen LogP contribution in [0.3, 0.4) is 0 Å². The van der Waals surface area contributed by atoms with E-state index in [0.717, 1.165) is 55.9 Å². The first-order chi connectivity index (χ1) is 15.4. The molecule has 0 radical (unpaired) electrons. The number of benzene rings is 2. The molecule has 2 aromatic carbocycles. The Kier molecular flexibility index (Phi) is 5.76. The largest absolute Gasteiger partial charge is 0.378 e. The average molecular weight is 411 g/mol. The van der Waals surface area contributed by atoms with Gasteiger partial charge in [0, 0.05) is 24.2 Å². The van der Waals surface area contributed by atoms with Crippen LogP contribution in [0, 0.1) is 0 Å². The molecule has 5 rings (SSSR count). The summed E-state index contributed by atoms with van der Waals surface area (Å²) in [4.78, 5) is 7.09. The summed E-state index contributed by atoms with van der Waals surface area (Å²) in [7, 11) is 0. The van der Waals surface area contributed by atoms with Crippen LogP contribution in [0.5, 0.6) is 0 Å². The lowest BCUT2D eigenvalue weighted by atomic mass is 10.1. The van der Waals surface area contributed by atoms with Crippen molar-refractivity contribution in [3.05, 3.63) is 89.1 Å². The number of allylic oxidation sites excluding steroid dienone is 2. The fourth-order valence-electron chi connectivity index (χ4n) is 4.23. The first-order valence-electron chi connectivity index (χ1n) is 10.8. The summed E-state index contributed by atoms with van der Waals surface area (Å²) in [6, 6.07) is 22.7. The van der Waals surface area contributed by atoms with Crippen LogP contribution >= 0.6 is 0 Å². The number of nitrogens with zero attached hydrogens (tertiary/aromatic N) is 3. The topological polar surface area (TPSA) is 49.8 Å². The summed E-state index contributed by atoms with van der Waals surface area (Å²) in [5.74, 6) is 0.751. The van der Waals surface area contributed by atoms with Crippen molar-refractivity contribution in [3.63, 3.8) is 0 Å². The van der Waals surface area contributed by atoms with Crippen molar-refractivity contribution in [1.29, 1.82) is 0 Å². The van der Waals surface area contributed by atoms with Crippen LogP contribution in [0.4, 0.5) is 5.82 Å². The highest BCUT2D eigenvalue weighted by Gasteiger charge is 2.25. The number of aromatic nitrogens is 1. The zero-order valence-electron chi connectivity index (χ0n) is 17.5. The lowest BCUT2D eigenvalue weighted by molar-refractivity contribution is 0.0548. The van der Waals surface area contributed by atoms with Gasteiger partial charge in [-0.1, -0.05) is 48.5 Å². The molecule has 1 N–H and O–H groups in total. The summed E-state index contributed by atoms with van der Waals surface area (Å²) < 4.78 is 5.58. The van der Waals surface area contributed by atoms with Gasteiger partial charge >= 0.3 is 0 Å². The Morgan fingerprint density at radius 1 is 0.903 bits per heavy atom. The third-order valence-electron chi connectivity index (χ3n) is 5.74. The van der Waals surface area contributed by atoms with Gasteiger partial charge in [0.2, 0.25) is 0 Å². The van der Waals surface area contributed by atoms with Crippen molar-refractivity contribution in [1.82, 2.24) is 9.88 Å². The van der Waals surface area contributed by atoms with Crippen LogP contribution in [0.25, 0.3) is 17.0 Å². The Bertz CT molecular complexity index is 1140. The minimum Gasteiger partial charge on any atom is -0.378 e. The van der Waals surface area contributed by atoms with Crippen molar-refractivity contribution in [2.75, 3.05) is 31.7 Å². The Labute approximate surface area is 182 Å². The third kappa shape index (κ3) is 4.52. The first-order valence-corrected chi connectivity index (χ1v) is 10.8. The van der Waals surface area contributed by atoms with Crippen LogP contribution in [0.15, 0.2) is 88.7 Å². The lowest BCUT2D eigenvalue weighted by Crippen LogP contribution is -2.36. The van der Waals surface area contributed by atoms with Gasteiger partial charge in [0.05, 0.1) is 24.9 Å². The minimum atomic E-state index is 0.751. The van der Waals surface area contributed by atoms with E-state index in [9.17, 15) is 0 Å². The molecule has 0 saturated carbocycles. The Morgan fingerprint density at radius 3 is 2.58 bits per heavy atom. The maximum atomic E-state index is 5.58. The third-order valence-corrected chi connectivity index (χ3v) is 5.74. The van der Waals surface area contributed by atoms with Crippen molar-refractivity contribution in [3.8, 4) is 0 Å². The molecule has 0 spiro atoms. The SMILES string of the molecule is C(=N/Nc1ccc2ccccc2n1)/C1=C(N2CCOCC2)C(=C\c2ccccc2)/CC1. The molecule has 0 bridgehead atoms. The number of pyridine rings is 1. The van der Waals surface area contributed by atoms with E-state index in [-0.39, 0.29) is 0 Å². The fourth-order valence-corrected chi connectivity index (χ4v) is 4.23. The number of hydrazone groups is 1. The van der Waals surface area contributed by atoms with Gasteiger partial charge in [0.1, 0.15) is 5.82 Å². The van der Waals surface area contributed by atoms with E-state index in [0.29, 0.717) is 0 Å². The van der Waals surface area contributed by atoms with Crippen LogP contribution in [-0.2, 0) is 4.74 Å². The Hall–Kier alpha value is -3.44. The van der Waals surface area contributed by atoms with Crippen LogP contribution in [-0.4, -0.2) is 42.4 Å². The summed E-state index contributed by atoms with van der Waals surface area (Å²) >= 11 is 0. The molecule has 1 aliphatic carbocycles. The number of nitrogens with one attached hydrogen (secondary N) is 1. The average Bonchev–Trinajstić information content (AvgIpc) is 3.22. The zero-order chi connectivity index (χ0) is 20.9. The van der Waals surface area contributed by atoms with E-state index < -0.39 is 0 Å². The second-order valence-electron chi connectivity index (χ2n) is 7.81. The number of hydrogen-bond acceptors (Lipinski definition) is 5. The fraction of sp³-hybridized carbons (Fsp3) is 0.231. The number of fused-ring (bicyclic) bond motifs is 1. The molecule has 156 valence electrons. The standard InChI is InChI=1S/C26H26N4O/c1-2-6-20(7-3-1)18-22-10-11-23(26(22)30-14-16-31-17-15-30)19-27-29-25-13-12-21-8-4-5-9-24(21)28-25/h1-9,12-13,18-19H,10-11,14-17H2,(H,28,29)/b22-18-,27-19-. The van der Waals surface area contributed by atoms with Gasteiger partial charge in [-0.05, 0) is 53.8 Å². The molecule has 1 aromatic heterocycles. The zero-order valence-corrected chi connectivity index (χ0v) is 17.5. The normalized spacial score (nSPS) is 18.5. The van der Waals surface area contributed by atoms with Crippen molar-refractivity contribution in [2.24, 2.45) is 5.10 Å². The van der Waals surface area contributed by atoms with E-state index in [1.807, 2.05) is 30.5 Å². The summed E-state index contributed by atoms with van der Waals surface area (Å²) in [5, 5.41) is 5.66. The summed E-state index contributed by atoms with van der Waals surface area (Å²) in [6.07, 6.45) is 6.29. The van der Waals surface area contributed by atoms with E-state index >= 15 is 0 Å². The molecule has 31 heavy (non-hydrogen) atoms. The van der Waals surface area contributed by atoms with Gasteiger partial charge in [0.25, 0.3) is 0 Å². The molecule has 1 saturated heterocycles. The van der Waals surface area contributed by atoms with Crippen molar-refractivity contribution in [2.45, 2.75) is 12.8 Å². The summed E-state index contributed by atoms with van der Waals surface area (Å²) in [5.41, 5.74) is 9.26. The number of rotatable bonds is 5. The molecule has 5 heteroatoms. The second-order valence-corrected chi connectivity index (χ2v) is 7.81. The lowest BCUT2D eigenvalue weighted by Gasteiger charge is -2.31. The highest BCUT2D eigenvalue weighted by Crippen LogP contribution is 2.35. The molecule has 0 amide bonds. The highest BCUT2D eigenvalue weighted by atomic mass is 16.5. The van der Waals surface area contributed by atoms with Gasteiger partial charge in [-0.25, -0.2) is 4.98 Å². The van der Waals surface area contributed by atoms with E-state index in [2.05, 4.69) is 69.0 Å². The molecule has 0 atom stereocenters. The summed E-state index contributed by atoms with van der Waals surface area (Å²) in [6.45, 7) is 3.37. The van der Waals surface area contributed by atoms with Gasteiger partial charge in [0.15, 0.2) is 0 Å². The monoisotopic (exact) mass is 410 g/mol. The number of anilines is 1. The molecule has 3 aromatic rings. The Balaban J connectivity index is 1.41. The van der Waals surface area contributed by atoms with Gasteiger partial charge < -0.3 is 9.64 Å². The molecule has 1 fully saturated rings. The molecule has 0 unspecified atom stereocenters. The number of para-hydroxylation sites is 1. The number of hydrogen-bond donors (Lipinski definition) is 1. The van der Waals surface area contributed by atoms with E-state index in [4.69, 9.17) is 4.74 Å². The van der Waals surface area contributed by atoms with Crippen LogP contribution in [0.1, 0.15) is 18.4 Å². The molecular weight excluding hydrogens is 384 g/mol. The number of morpholine rings is 1. The van der Waals surface area contributed by atoms with Crippen LogP contribution in [0.2, 0.25) is 0 Å². The molecule has 1 aliphatic heterocycles.